The molecule has 6 heteroatoms. The van der Waals surface area contributed by atoms with Crippen LogP contribution in [-0.2, 0) is 0 Å². The van der Waals surface area contributed by atoms with Gasteiger partial charge in [0.15, 0.2) is 5.65 Å². The van der Waals surface area contributed by atoms with E-state index >= 15 is 0 Å². The number of halogens is 2. The molecule has 5 rings (SSSR count). The van der Waals surface area contributed by atoms with Gasteiger partial charge in [0.1, 0.15) is 5.82 Å². The molecular formula is C23H14ClFN4. The number of hydrogen-bond donors (Lipinski definition) is 1. The van der Waals surface area contributed by atoms with E-state index in [1.165, 1.54) is 12.1 Å². The molecule has 5 aromatic rings. The molecule has 0 bridgehead atoms. The summed E-state index contributed by atoms with van der Waals surface area (Å²) < 4.78 is 14.6. The molecule has 0 spiro atoms. The van der Waals surface area contributed by atoms with Crippen LogP contribution in [0.2, 0.25) is 5.02 Å². The summed E-state index contributed by atoms with van der Waals surface area (Å²) in [6, 6.07) is 15.8. The first-order chi connectivity index (χ1) is 14.1. The maximum atomic E-state index is 14.6. The lowest BCUT2D eigenvalue weighted by Gasteiger charge is -2.13. The Hall–Kier alpha value is -3.57. The van der Waals surface area contributed by atoms with Crippen molar-refractivity contribution in [2.24, 2.45) is 0 Å². The van der Waals surface area contributed by atoms with Gasteiger partial charge in [0.25, 0.3) is 0 Å². The van der Waals surface area contributed by atoms with E-state index in [1.54, 1.807) is 24.7 Å². The lowest BCUT2D eigenvalue weighted by molar-refractivity contribution is 0.631. The molecule has 0 fully saturated rings. The molecule has 0 atom stereocenters. The fourth-order valence-electron chi connectivity index (χ4n) is 3.56. The number of pyridine rings is 3. The van der Waals surface area contributed by atoms with E-state index in [-0.39, 0.29) is 0 Å². The largest absolute Gasteiger partial charge is 0.398 e. The summed E-state index contributed by atoms with van der Waals surface area (Å²) in [6.07, 6.45) is 5.14. The summed E-state index contributed by atoms with van der Waals surface area (Å²) in [5.41, 5.74) is 9.94. The van der Waals surface area contributed by atoms with Gasteiger partial charge >= 0.3 is 0 Å². The lowest BCUT2D eigenvalue weighted by atomic mass is 9.95. The predicted molar refractivity (Wildman–Crippen MR) is 115 cm³/mol. The molecule has 140 valence electrons. The fraction of sp³-hybridized carbons (Fsp3) is 0. The molecular weight excluding hydrogens is 387 g/mol. The minimum Gasteiger partial charge on any atom is -0.398 e. The Bertz CT molecular complexity index is 1400. The summed E-state index contributed by atoms with van der Waals surface area (Å²) in [7, 11) is 0. The highest BCUT2D eigenvalue weighted by molar-refractivity contribution is 6.30. The second kappa shape index (κ2) is 6.79. The standard InChI is InChI=1S/C23H14ClFN4/c24-13-3-5-20(25)18(10-13)22-11-17(16-2-1-8-28-23(16)29-22)14-4-6-21(26)19-12-27-9-7-15(14)19/h1-12H,26H2. The van der Waals surface area contributed by atoms with Crippen LogP contribution in [0.25, 0.3) is 44.2 Å². The van der Waals surface area contributed by atoms with E-state index in [0.29, 0.717) is 27.6 Å². The molecule has 0 saturated carbocycles. The Labute approximate surface area is 170 Å². The van der Waals surface area contributed by atoms with E-state index in [1.807, 2.05) is 36.4 Å². The summed E-state index contributed by atoms with van der Waals surface area (Å²) in [5, 5.41) is 3.11. The first-order valence-corrected chi connectivity index (χ1v) is 9.33. The van der Waals surface area contributed by atoms with Crippen molar-refractivity contribution < 1.29 is 4.39 Å². The van der Waals surface area contributed by atoms with Crippen molar-refractivity contribution in [2.75, 3.05) is 5.73 Å². The summed E-state index contributed by atoms with van der Waals surface area (Å²) in [5.74, 6) is -0.394. The van der Waals surface area contributed by atoms with E-state index in [2.05, 4.69) is 15.0 Å². The molecule has 0 radical (unpaired) electrons. The highest BCUT2D eigenvalue weighted by Gasteiger charge is 2.15. The van der Waals surface area contributed by atoms with Crippen LogP contribution >= 0.6 is 11.6 Å². The second-order valence-electron chi connectivity index (χ2n) is 6.68. The van der Waals surface area contributed by atoms with Crippen molar-refractivity contribution in [1.82, 2.24) is 15.0 Å². The van der Waals surface area contributed by atoms with E-state index in [0.717, 1.165) is 27.3 Å². The zero-order chi connectivity index (χ0) is 20.0. The Kier molecular flexibility index (Phi) is 4.11. The van der Waals surface area contributed by atoms with Crippen molar-refractivity contribution in [3.8, 4) is 22.4 Å². The number of rotatable bonds is 2. The average molecular weight is 401 g/mol. The first kappa shape index (κ1) is 17.5. The van der Waals surface area contributed by atoms with Crippen LogP contribution in [-0.4, -0.2) is 15.0 Å². The van der Waals surface area contributed by atoms with Crippen molar-refractivity contribution in [1.29, 1.82) is 0 Å². The van der Waals surface area contributed by atoms with Crippen molar-refractivity contribution in [3.05, 3.63) is 84.0 Å². The maximum absolute atomic E-state index is 14.6. The van der Waals surface area contributed by atoms with Crippen molar-refractivity contribution in [2.45, 2.75) is 0 Å². The number of nitrogens with zero attached hydrogens (tertiary/aromatic N) is 3. The third-order valence-electron chi connectivity index (χ3n) is 4.93. The van der Waals surface area contributed by atoms with E-state index in [4.69, 9.17) is 17.3 Å². The number of nitrogen functional groups attached to an aromatic ring is 1. The van der Waals surface area contributed by atoms with Gasteiger partial charge in [0.05, 0.1) is 5.69 Å². The van der Waals surface area contributed by atoms with Gasteiger partial charge in [0, 0.05) is 45.6 Å². The van der Waals surface area contributed by atoms with Gasteiger partial charge < -0.3 is 5.73 Å². The van der Waals surface area contributed by atoms with Gasteiger partial charge in [-0.2, -0.15) is 0 Å². The SMILES string of the molecule is Nc1ccc(-c2cc(-c3cc(Cl)ccc3F)nc3ncccc23)c2ccncc12. The smallest absolute Gasteiger partial charge is 0.160 e. The Morgan fingerprint density at radius 2 is 1.72 bits per heavy atom. The number of hydrogen-bond acceptors (Lipinski definition) is 4. The predicted octanol–water partition coefficient (Wildman–Crippen LogP) is 5.89. The molecule has 0 aliphatic heterocycles. The summed E-state index contributed by atoms with van der Waals surface area (Å²) >= 11 is 6.11. The highest BCUT2D eigenvalue weighted by Crippen LogP contribution is 2.37. The van der Waals surface area contributed by atoms with Crippen LogP contribution in [0, 0.1) is 5.82 Å². The van der Waals surface area contributed by atoms with Crippen LogP contribution in [0.4, 0.5) is 10.1 Å². The topological polar surface area (TPSA) is 64.7 Å². The van der Waals surface area contributed by atoms with Crippen LogP contribution in [0.15, 0.2) is 73.2 Å². The zero-order valence-corrected chi connectivity index (χ0v) is 15.9. The second-order valence-corrected chi connectivity index (χ2v) is 7.11. The van der Waals surface area contributed by atoms with Gasteiger partial charge in [0.2, 0.25) is 0 Å². The zero-order valence-electron chi connectivity index (χ0n) is 15.1. The number of nitrogens with two attached hydrogens (primary N) is 1. The molecule has 0 saturated heterocycles. The molecule has 4 nitrogen and oxygen atoms in total. The van der Waals surface area contributed by atoms with Crippen LogP contribution in [0.5, 0.6) is 0 Å². The van der Waals surface area contributed by atoms with Crippen molar-refractivity contribution in [3.63, 3.8) is 0 Å². The number of fused-ring (bicyclic) bond motifs is 2. The molecule has 3 heterocycles. The molecule has 2 aromatic carbocycles. The molecule has 0 aliphatic carbocycles. The number of anilines is 1. The molecule has 2 N–H and O–H groups in total. The number of benzene rings is 2. The van der Waals surface area contributed by atoms with Crippen molar-refractivity contribution >= 4 is 39.1 Å². The minimum atomic E-state index is -0.394. The highest BCUT2D eigenvalue weighted by atomic mass is 35.5. The van der Waals surface area contributed by atoms with Gasteiger partial charge in [-0.05, 0) is 65.0 Å². The third-order valence-corrected chi connectivity index (χ3v) is 5.17. The monoisotopic (exact) mass is 400 g/mol. The quantitative estimate of drug-likeness (QED) is 0.375. The summed E-state index contributed by atoms with van der Waals surface area (Å²) in [6.45, 7) is 0. The Morgan fingerprint density at radius 1 is 0.828 bits per heavy atom. The Balaban J connectivity index is 1.88. The minimum absolute atomic E-state index is 0.327. The van der Waals surface area contributed by atoms with Gasteiger partial charge in [-0.3, -0.25) is 4.98 Å². The normalized spacial score (nSPS) is 11.2. The van der Waals surface area contributed by atoms with Gasteiger partial charge in [-0.25, -0.2) is 14.4 Å². The molecule has 29 heavy (non-hydrogen) atoms. The summed E-state index contributed by atoms with van der Waals surface area (Å²) in [4.78, 5) is 13.2. The molecule has 0 aliphatic rings. The lowest BCUT2D eigenvalue weighted by Crippen LogP contribution is -1.95. The average Bonchev–Trinajstić information content (AvgIpc) is 2.75. The molecule has 3 aromatic heterocycles. The number of aromatic nitrogens is 3. The fourth-order valence-corrected chi connectivity index (χ4v) is 3.73. The first-order valence-electron chi connectivity index (χ1n) is 8.95. The Morgan fingerprint density at radius 3 is 2.62 bits per heavy atom. The van der Waals surface area contributed by atoms with E-state index in [9.17, 15) is 4.39 Å². The van der Waals surface area contributed by atoms with E-state index < -0.39 is 5.82 Å². The van der Waals surface area contributed by atoms with Crippen LogP contribution in [0.3, 0.4) is 0 Å². The van der Waals surface area contributed by atoms with Crippen LogP contribution in [0.1, 0.15) is 0 Å². The molecule has 0 unspecified atom stereocenters. The van der Waals surface area contributed by atoms with Gasteiger partial charge in [-0.1, -0.05) is 17.7 Å². The maximum Gasteiger partial charge on any atom is 0.160 e. The third kappa shape index (κ3) is 2.96. The molecule has 0 amide bonds. The van der Waals surface area contributed by atoms with Crippen LogP contribution < -0.4 is 5.73 Å². The van der Waals surface area contributed by atoms with Gasteiger partial charge in [-0.15, -0.1) is 0 Å².